The number of rotatable bonds is 6. The molecule has 1 aliphatic heterocycles. The van der Waals surface area contributed by atoms with E-state index in [1.165, 1.54) is 0 Å². The zero-order valence-electron chi connectivity index (χ0n) is 13.7. The monoisotopic (exact) mass is 349 g/mol. The maximum absolute atomic E-state index is 11.9. The number of benzene rings is 2. The Morgan fingerprint density at radius 2 is 1.88 bits per heavy atom. The molecule has 2 aromatic rings. The number of hydrogen-bond acceptors (Lipinski definition) is 4. The summed E-state index contributed by atoms with van der Waals surface area (Å²) in [5.74, 6) is 0.674. The van der Waals surface area contributed by atoms with Crippen LogP contribution >= 0.6 is 12.4 Å². The second-order valence-electron chi connectivity index (χ2n) is 5.71. The van der Waals surface area contributed by atoms with Crippen LogP contribution in [0.2, 0.25) is 0 Å². The van der Waals surface area contributed by atoms with E-state index < -0.39 is 0 Å². The Hall–Kier alpha value is -1.82. The molecule has 24 heavy (non-hydrogen) atoms. The molecule has 1 saturated heterocycles. The smallest absolute Gasteiger partial charge is 0.257 e. The summed E-state index contributed by atoms with van der Waals surface area (Å²) in [7, 11) is 0. The highest BCUT2D eigenvalue weighted by atomic mass is 35.5. The molecule has 5 nitrogen and oxygen atoms in total. The second-order valence-corrected chi connectivity index (χ2v) is 5.71. The van der Waals surface area contributed by atoms with Gasteiger partial charge < -0.3 is 15.4 Å². The van der Waals surface area contributed by atoms with E-state index in [0.717, 1.165) is 49.2 Å². The van der Waals surface area contributed by atoms with Crippen LogP contribution in [0.3, 0.4) is 0 Å². The molecule has 1 heterocycles. The topological polar surface area (TPSA) is 53.6 Å². The lowest BCUT2D eigenvalue weighted by atomic mass is 10.1. The van der Waals surface area contributed by atoms with Gasteiger partial charge >= 0.3 is 0 Å². The van der Waals surface area contributed by atoms with Gasteiger partial charge in [0.05, 0.1) is 0 Å². The highest BCUT2D eigenvalue weighted by molar-refractivity contribution is 5.88. The summed E-state index contributed by atoms with van der Waals surface area (Å²) in [6.45, 7) is 5.75. The minimum atomic E-state index is -0.0759. The van der Waals surface area contributed by atoms with Crippen molar-refractivity contribution in [3.8, 4) is 5.75 Å². The van der Waals surface area contributed by atoms with Crippen molar-refractivity contribution in [2.24, 2.45) is 0 Å². The van der Waals surface area contributed by atoms with Gasteiger partial charge in [-0.25, -0.2) is 0 Å². The number of ether oxygens (including phenoxy) is 1. The van der Waals surface area contributed by atoms with Gasteiger partial charge in [-0.1, -0.05) is 36.4 Å². The molecule has 0 unspecified atom stereocenters. The Balaban J connectivity index is 0.00000208. The van der Waals surface area contributed by atoms with E-state index >= 15 is 0 Å². The van der Waals surface area contributed by atoms with Gasteiger partial charge in [0.25, 0.3) is 5.91 Å². The van der Waals surface area contributed by atoms with E-state index in [1.807, 2.05) is 42.5 Å². The Bertz CT molecular complexity index is 654. The number of carbonyl (C=O) groups is 1. The number of fused-ring (bicyclic) bond motifs is 1. The van der Waals surface area contributed by atoms with Gasteiger partial charge in [0.15, 0.2) is 6.61 Å². The van der Waals surface area contributed by atoms with Crippen molar-refractivity contribution in [3.63, 3.8) is 0 Å². The summed E-state index contributed by atoms with van der Waals surface area (Å²) in [4.78, 5) is 14.3. The number of carbonyl (C=O) groups excluding carboxylic acids is 1. The molecular weight excluding hydrogens is 326 g/mol. The minimum absolute atomic E-state index is 0. The van der Waals surface area contributed by atoms with Crippen LogP contribution in [0.25, 0.3) is 10.8 Å². The number of halogens is 1. The van der Waals surface area contributed by atoms with E-state index in [2.05, 4.69) is 15.5 Å². The largest absolute Gasteiger partial charge is 0.483 e. The van der Waals surface area contributed by atoms with Crippen LogP contribution in [0.5, 0.6) is 5.75 Å². The Labute approximate surface area is 148 Å². The number of amides is 1. The van der Waals surface area contributed by atoms with Crippen molar-refractivity contribution in [1.29, 1.82) is 0 Å². The average molecular weight is 350 g/mol. The highest BCUT2D eigenvalue weighted by Gasteiger charge is 2.10. The van der Waals surface area contributed by atoms with Crippen LogP contribution in [-0.2, 0) is 4.79 Å². The predicted octanol–water partition coefficient (Wildman–Crippen LogP) is 1.66. The fourth-order valence-electron chi connectivity index (χ4n) is 2.80. The molecule has 0 radical (unpaired) electrons. The van der Waals surface area contributed by atoms with E-state index in [9.17, 15) is 4.79 Å². The summed E-state index contributed by atoms with van der Waals surface area (Å²) >= 11 is 0. The van der Waals surface area contributed by atoms with Gasteiger partial charge in [0, 0.05) is 44.7 Å². The third-order valence-electron chi connectivity index (χ3n) is 4.07. The zero-order chi connectivity index (χ0) is 15.9. The molecule has 0 atom stereocenters. The summed E-state index contributed by atoms with van der Waals surface area (Å²) < 4.78 is 5.69. The van der Waals surface area contributed by atoms with Gasteiger partial charge in [-0.3, -0.25) is 9.69 Å². The first kappa shape index (κ1) is 18.5. The van der Waals surface area contributed by atoms with Crippen molar-refractivity contribution >= 4 is 29.1 Å². The Morgan fingerprint density at radius 1 is 1.12 bits per heavy atom. The lowest BCUT2D eigenvalue weighted by molar-refractivity contribution is -0.123. The molecule has 6 heteroatoms. The lowest BCUT2D eigenvalue weighted by Gasteiger charge is -2.27. The van der Waals surface area contributed by atoms with Crippen molar-refractivity contribution in [2.75, 3.05) is 45.9 Å². The van der Waals surface area contributed by atoms with E-state index in [0.29, 0.717) is 6.54 Å². The third-order valence-corrected chi connectivity index (χ3v) is 4.07. The molecule has 0 spiro atoms. The van der Waals surface area contributed by atoms with Crippen molar-refractivity contribution in [3.05, 3.63) is 42.5 Å². The SMILES string of the molecule is Cl.O=C(COc1cccc2ccccc12)NCCN1CCNCC1. The predicted molar refractivity (Wildman–Crippen MR) is 99.0 cm³/mol. The summed E-state index contributed by atoms with van der Waals surface area (Å²) in [6, 6.07) is 13.9. The highest BCUT2D eigenvalue weighted by Crippen LogP contribution is 2.24. The van der Waals surface area contributed by atoms with E-state index in [-0.39, 0.29) is 24.9 Å². The maximum atomic E-state index is 11.9. The molecule has 130 valence electrons. The maximum Gasteiger partial charge on any atom is 0.257 e. The van der Waals surface area contributed by atoms with Gasteiger partial charge in [-0.15, -0.1) is 12.4 Å². The van der Waals surface area contributed by atoms with Crippen LogP contribution in [0.4, 0.5) is 0 Å². The molecule has 0 saturated carbocycles. The molecule has 1 aliphatic rings. The Morgan fingerprint density at radius 3 is 2.71 bits per heavy atom. The number of nitrogens with one attached hydrogen (secondary N) is 2. The molecule has 1 fully saturated rings. The molecular formula is C18H24ClN3O2. The molecule has 0 aliphatic carbocycles. The lowest BCUT2D eigenvalue weighted by Crippen LogP contribution is -2.46. The van der Waals surface area contributed by atoms with Crippen LogP contribution in [0, 0.1) is 0 Å². The average Bonchev–Trinajstić information content (AvgIpc) is 2.61. The standard InChI is InChI=1S/C18H23N3O2.ClH/c22-18(20-10-13-21-11-8-19-9-12-21)14-23-17-7-3-5-15-4-1-2-6-16(15)17;/h1-7,19H,8-14H2,(H,20,22);1H. The van der Waals surface area contributed by atoms with Crippen LogP contribution < -0.4 is 15.4 Å². The van der Waals surface area contributed by atoms with Crippen LogP contribution in [0.1, 0.15) is 0 Å². The quantitative estimate of drug-likeness (QED) is 0.833. The van der Waals surface area contributed by atoms with Crippen LogP contribution in [-0.4, -0.2) is 56.7 Å². The fourth-order valence-corrected chi connectivity index (χ4v) is 2.80. The first-order valence-electron chi connectivity index (χ1n) is 8.13. The molecule has 1 amide bonds. The van der Waals surface area contributed by atoms with Gasteiger partial charge in [0.2, 0.25) is 0 Å². The van der Waals surface area contributed by atoms with Gasteiger partial charge in [0.1, 0.15) is 5.75 Å². The summed E-state index contributed by atoms with van der Waals surface area (Å²) in [5, 5.41) is 8.39. The number of nitrogens with zero attached hydrogens (tertiary/aromatic N) is 1. The van der Waals surface area contributed by atoms with Gasteiger partial charge in [-0.05, 0) is 11.5 Å². The second kappa shape index (κ2) is 9.47. The Kier molecular flexibility index (Phi) is 7.31. The van der Waals surface area contributed by atoms with Gasteiger partial charge in [-0.2, -0.15) is 0 Å². The van der Waals surface area contributed by atoms with Crippen LogP contribution in [0.15, 0.2) is 42.5 Å². The summed E-state index contributed by atoms with van der Waals surface area (Å²) in [5.41, 5.74) is 0. The molecule has 3 rings (SSSR count). The first-order valence-corrected chi connectivity index (χ1v) is 8.13. The number of hydrogen-bond donors (Lipinski definition) is 2. The molecule has 2 N–H and O–H groups in total. The van der Waals surface area contributed by atoms with E-state index in [1.54, 1.807) is 0 Å². The molecule has 0 bridgehead atoms. The third kappa shape index (κ3) is 5.09. The molecule has 0 aromatic heterocycles. The van der Waals surface area contributed by atoms with E-state index in [4.69, 9.17) is 4.74 Å². The van der Waals surface area contributed by atoms with Crippen molar-refractivity contribution in [2.45, 2.75) is 0 Å². The normalized spacial score (nSPS) is 14.8. The fraction of sp³-hybridized carbons (Fsp3) is 0.389. The molecule has 2 aromatic carbocycles. The zero-order valence-corrected chi connectivity index (χ0v) is 14.5. The minimum Gasteiger partial charge on any atom is -0.483 e. The number of piperazine rings is 1. The summed E-state index contributed by atoms with van der Waals surface area (Å²) in [6.07, 6.45) is 0. The first-order chi connectivity index (χ1) is 11.3. The van der Waals surface area contributed by atoms with Crippen molar-refractivity contribution in [1.82, 2.24) is 15.5 Å². The van der Waals surface area contributed by atoms with Crippen molar-refractivity contribution < 1.29 is 9.53 Å².